The third kappa shape index (κ3) is 2.67. The van der Waals surface area contributed by atoms with E-state index in [1.165, 1.54) is 0 Å². The van der Waals surface area contributed by atoms with E-state index in [0.717, 1.165) is 23.6 Å². The van der Waals surface area contributed by atoms with Crippen LogP contribution in [0.5, 0.6) is 0 Å². The lowest BCUT2D eigenvalue weighted by Gasteiger charge is -2.17. The summed E-state index contributed by atoms with van der Waals surface area (Å²) >= 11 is 0. The summed E-state index contributed by atoms with van der Waals surface area (Å²) < 4.78 is 0. The summed E-state index contributed by atoms with van der Waals surface area (Å²) in [7, 11) is 0. The highest BCUT2D eigenvalue weighted by atomic mass is 16.4. The number of nitrogens with one attached hydrogen (secondary N) is 1. The van der Waals surface area contributed by atoms with Gasteiger partial charge < -0.3 is 16.3 Å². The first-order valence-electron chi connectivity index (χ1n) is 6.96. The molecule has 1 fully saturated rings. The molecule has 108 valence electrons. The summed E-state index contributed by atoms with van der Waals surface area (Å²) in [4.78, 5) is 12.5. The van der Waals surface area contributed by atoms with Crippen molar-refractivity contribution in [2.24, 2.45) is 16.8 Å². The molecule has 5 nitrogen and oxygen atoms in total. The summed E-state index contributed by atoms with van der Waals surface area (Å²) in [5.41, 5.74) is 6.28. The van der Waals surface area contributed by atoms with Gasteiger partial charge in [0.25, 0.3) is 5.91 Å². The van der Waals surface area contributed by atoms with Gasteiger partial charge >= 0.3 is 0 Å². The zero-order chi connectivity index (χ0) is 14.8. The highest BCUT2D eigenvalue weighted by Gasteiger charge is 2.35. The van der Waals surface area contributed by atoms with Gasteiger partial charge in [0.2, 0.25) is 0 Å². The number of amides is 1. The molecule has 0 bridgehead atoms. The number of rotatable bonds is 4. The Hall–Kier alpha value is -2.56. The van der Waals surface area contributed by atoms with Gasteiger partial charge in [0.15, 0.2) is 5.84 Å². The topological polar surface area (TPSA) is 87.7 Å². The van der Waals surface area contributed by atoms with Gasteiger partial charge in [0.05, 0.1) is 6.04 Å². The van der Waals surface area contributed by atoms with Crippen molar-refractivity contribution in [2.45, 2.75) is 18.9 Å². The second-order valence-electron chi connectivity index (χ2n) is 5.34. The van der Waals surface area contributed by atoms with E-state index >= 15 is 0 Å². The van der Waals surface area contributed by atoms with Gasteiger partial charge in [-0.2, -0.15) is 0 Å². The molecular weight excluding hydrogens is 266 g/mol. The van der Waals surface area contributed by atoms with E-state index in [-0.39, 0.29) is 17.7 Å². The molecule has 0 aliphatic heterocycles. The van der Waals surface area contributed by atoms with Crippen LogP contribution in [0, 0.1) is 5.92 Å². The Bertz CT molecular complexity index is 702. The minimum atomic E-state index is -0.401. The van der Waals surface area contributed by atoms with Crippen molar-refractivity contribution in [1.82, 2.24) is 5.32 Å². The van der Waals surface area contributed by atoms with Gasteiger partial charge in [-0.15, -0.1) is 0 Å². The van der Waals surface area contributed by atoms with Gasteiger partial charge in [-0.25, -0.2) is 0 Å². The predicted molar refractivity (Wildman–Crippen MR) is 81.3 cm³/mol. The Morgan fingerprint density at radius 2 is 1.95 bits per heavy atom. The standard InChI is InChI=1S/C16H17N3O2/c17-15(19-21)14(11-8-9-11)18-16(20)13-7-3-5-10-4-1-2-6-12(10)13/h1-7,11,14,21H,8-9H2,(H2,17,19)(H,18,20). The lowest BCUT2D eigenvalue weighted by Crippen LogP contribution is -2.46. The molecule has 1 amide bonds. The zero-order valence-corrected chi connectivity index (χ0v) is 11.5. The fourth-order valence-electron chi connectivity index (χ4n) is 2.57. The van der Waals surface area contributed by atoms with Gasteiger partial charge in [0.1, 0.15) is 0 Å². The Morgan fingerprint density at radius 1 is 1.24 bits per heavy atom. The number of hydrogen-bond acceptors (Lipinski definition) is 3. The summed E-state index contributed by atoms with van der Waals surface area (Å²) in [6, 6.07) is 12.9. The number of benzene rings is 2. The van der Waals surface area contributed by atoms with Crippen molar-refractivity contribution in [3.05, 3.63) is 48.0 Å². The van der Waals surface area contributed by atoms with Crippen LogP contribution >= 0.6 is 0 Å². The molecule has 1 atom stereocenters. The maximum absolute atomic E-state index is 12.5. The van der Waals surface area contributed by atoms with Crippen LogP contribution in [0.15, 0.2) is 47.6 Å². The quantitative estimate of drug-likeness (QED) is 0.347. The number of carbonyl (C=O) groups excluding carboxylic acids is 1. The molecule has 1 unspecified atom stereocenters. The predicted octanol–water partition coefficient (Wildman–Crippen LogP) is 2.09. The van der Waals surface area contributed by atoms with E-state index in [4.69, 9.17) is 10.9 Å². The molecular formula is C16H17N3O2. The van der Waals surface area contributed by atoms with Crippen molar-refractivity contribution in [3.63, 3.8) is 0 Å². The van der Waals surface area contributed by atoms with Crippen LogP contribution in [0.4, 0.5) is 0 Å². The van der Waals surface area contributed by atoms with Gasteiger partial charge in [0, 0.05) is 5.56 Å². The minimum absolute atomic E-state index is 0.0612. The largest absolute Gasteiger partial charge is 0.409 e. The number of amidine groups is 1. The molecule has 0 aromatic heterocycles. The normalized spacial score (nSPS) is 16.7. The molecule has 21 heavy (non-hydrogen) atoms. The Labute approximate surface area is 122 Å². The third-order valence-corrected chi connectivity index (χ3v) is 3.85. The van der Waals surface area contributed by atoms with Gasteiger partial charge in [-0.3, -0.25) is 4.79 Å². The number of oxime groups is 1. The van der Waals surface area contributed by atoms with E-state index in [2.05, 4.69) is 10.5 Å². The first-order chi connectivity index (χ1) is 10.2. The molecule has 0 heterocycles. The average Bonchev–Trinajstić information content (AvgIpc) is 3.35. The Kier molecular flexibility index (Phi) is 3.48. The first kappa shape index (κ1) is 13.4. The molecule has 3 rings (SSSR count). The molecule has 4 N–H and O–H groups in total. The summed E-state index contributed by atoms with van der Waals surface area (Å²) in [5.74, 6) is 0.126. The number of nitrogens with two attached hydrogens (primary N) is 1. The smallest absolute Gasteiger partial charge is 0.252 e. The molecule has 0 spiro atoms. The van der Waals surface area contributed by atoms with E-state index in [1.54, 1.807) is 6.07 Å². The van der Waals surface area contributed by atoms with Crippen LogP contribution in [-0.2, 0) is 0 Å². The van der Waals surface area contributed by atoms with Crippen molar-refractivity contribution < 1.29 is 10.0 Å². The van der Waals surface area contributed by atoms with Gasteiger partial charge in [-0.1, -0.05) is 41.6 Å². The summed E-state index contributed by atoms with van der Waals surface area (Å²) in [6.07, 6.45) is 1.97. The van der Waals surface area contributed by atoms with Crippen LogP contribution in [0.2, 0.25) is 0 Å². The minimum Gasteiger partial charge on any atom is -0.409 e. The molecule has 1 aliphatic carbocycles. The zero-order valence-electron chi connectivity index (χ0n) is 11.5. The number of hydrogen-bond donors (Lipinski definition) is 3. The van der Waals surface area contributed by atoms with Crippen molar-refractivity contribution in [1.29, 1.82) is 0 Å². The van der Waals surface area contributed by atoms with Crippen molar-refractivity contribution in [2.75, 3.05) is 0 Å². The van der Waals surface area contributed by atoms with Crippen molar-refractivity contribution >= 4 is 22.5 Å². The van der Waals surface area contributed by atoms with E-state index in [0.29, 0.717) is 5.56 Å². The van der Waals surface area contributed by atoms with Gasteiger partial charge in [-0.05, 0) is 35.6 Å². The average molecular weight is 283 g/mol. The molecule has 2 aromatic carbocycles. The molecule has 1 aliphatic rings. The molecule has 1 saturated carbocycles. The Balaban J connectivity index is 1.90. The summed E-state index contributed by atoms with van der Waals surface area (Å²) in [5, 5.41) is 16.7. The van der Waals surface area contributed by atoms with Crippen LogP contribution in [0.3, 0.4) is 0 Å². The number of nitrogens with zero attached hydrogens (tertiary/aromatic N) is 1. The highest BCUT2D eigenvalue weighted by molar-refractivity contribution is 6.08. The molecule has 5 heteroatoms. The van der Waals surface area contributed by atoms with E-state index in [1.807, 2.05) is 36.4 Å². The number of fused-ring (bicyclic) bond motifs is 1. The Morgan fingerprint density at radius 3 is 2.67 bits per heavy atom. The fraction of sp³-hybridized carbons (Fsp3) is 0.250. The van der Waals surface area contributed by atoms with Crippen LogP contribution in [-0.4, -0.2) is 23.0 Å². The van der Waals surface area contributed by atoms with Crippen LogP contribution in [0.25, 0.3) is 10.8 Å². The van der Waals surface area contributed by atoms with Crippen LogP contribution in [0.1, 0.15) is 23.2 Å². The highest BCUT2D eigenvalue weighted by Crippen LogP contribution is 2.33. The third-order valence-electron chi connectivity index (χ3n) is 3.85. The SMILES string of the molecule is NC(=NO)C(NC(=O)c1cccc2ccccc12)C1CC1. The molecule has 0 radical (unpaired) electrons. The lowest BCUT2D eigenvalue weighted by molar-refractivity contribution is 0.0944. The fourth-order valence-corrected chi connectivity index (χ4v) is 2.57. The number of carbonyl (C=O) groups is 1. The molecule has 0 saturated heterocycles. The lowest BCUT2D eigenvalue weighted by atomic mass is 10.0. The monoisotopic (exact) mass is 283 g/mol. The summed E-state index contributed by atoms with van der Waals surface area (Å²) in [6.45, 7) is 0. The first-order valence-corrected chi connectivity index (χ1v) is 6.96. The van der Waals surface area contributed by atoms with E-state index < -0.39 is 6.04 Å². The second kappa shape index (κ2) is 5.44. The van der Waals surface area contributed by atoms with Crippen molar-refractivity contribution in [3.8, 4) is 0 Å². The van der Waals surface area contributed by atoms with Crippen LogP contribution < -0.4 is 11.1 Å². The maximum atomic E-state index is 12.5. The maximum Gasteiger partial charge on any atom is 0.252 e. The molecule has 2 aromatic rings. The van der Waals surface area contributed by atoms with E-state index in [9.17, 15) is 4.79 Å². The second-order valence-corrected chi connectivity index (χ2v) is 5.34.